The Labute approximate surface area is 126 Å². The van der Waals surface area contributed by atoms with Crippen LogP contribution in [-0.2, 0) is 16.4 Å². The van der Waals surface area contributed by atoms with Gasteiger partial charge < -0.3 is 10.5 Å². The third-order valence-corrected chi connectivity index (χ3v) is 4.59. The van der Waals surface area contributed by atoms with Crippen LogP contribution in [0.2, 0.25) is 0 Å². The zero-order valence-corrected chi connectivity index (χ0v) is 13.2. The predicted octanol–water partition coefficient (Wildman–Crippen LogP) is 3.01. The molecule has 4 nitrogen and oxygen atoms in total. The van der Waals surface area contributed by atoms with E-state index in [2.05, 4.69) is 15.9 Å². The second-order valence-corrected chi connectivity index (χ2v) is 7.25. The van der Waals surface area contributed by atoms with Crippen LogP contribution in [0.4, 0.5) is 5.69 Å². The first-order valence-electron chi connectivity index (χ1n) is 5.83. The summed E-state index contributed by atoms with van der Waals surface area (Å²) in [5.41, 5.74) is 7.31. The molecule has 0 radical (unpaired) electrons. The third-order valence-electron chi connectivity index (χ3n) is 2.72. The number of sulfone groups is 1. The van der Waals surface area contributed by atoms with Crippen LogP contribution in [0.15, 0.2) is 51.8 Å². The van der Waals surface area contributed by atoms with Gasteiger partial charge in [-0.15, -0.1) is 0 Å². The summed E-state index contributed by atoms with van der Waals surface area (Å²) >= 11 is 3.42. The lowest BCUT2D eigenvalue weighted by atomic mass is 10.2. The summed E-state index contributed by atoms with van der Waals surface area (Å²) in [4.78, 5) is 0.276. The molecule has 0 saturated heterocycles. The molecule has 106 valence electrons. The topological polar surface area (TPSA) is 69.4 Å². The van der Waals surface area contributed by atoms with Crippen molar-refractivity contribution in [2.24, 2.45) is 0 Å². The molecule has 2 aromatic carbocycles. The minimum Gasteiger partial charge on any atom is -0.489 e. The van der Waals surface area contributed by atoms with E-state index in [1.54, 1.807) is 18.2 Å². The van der Waals surface area contributed by atoms with Crippen molar-refractivity contribution in [1.82, 2.24) is 0 Å². The van der Waals surface area contributed by atoms with Gasteiger partial charge in [-0.05, 0) is 36.4 Å². The van der Waals surface area contributed by atoms with Crippen LogP contribution in [0.1, 0.15) is 5.56 Å². The van der Waals surface area contributed by atoms with Gasteiger partial charge >= 0.3 is 0 Å². The molecule has 0 spiro atoms. The Morgan fingerprint density at radius 2 is 1.80 bits per heavy atom. The lowest BCUT2D eigenvalue weighted by Gasteiger charge is -2.09. The van der Waals surface area contributed by atoms with Gasteiger partial charge in [0.05, 0.1) is 4.90 Å². The van der Waals surface area contributed by atoms with E-state index in [1.165, 1.54) is 18.4 Å². The smallest absolute Gasteiger partial charge is 0.175 e. The average molecular weight is 356 g/mol. The van der Waals surface area contributed by atoms with Crippen LogP contribution in [0.25, 0.3) is 0 Å². The maximum absolute atomic E-state index is 11.3. The zero-order chi connectivity index (χ0) is 14.8. The lowest BCUT2D eigenvalue weighted by Crippen LogP contribution is -1.99. The number of nitrogen functional groups attached to an aromatic ring is 1. The Morgan fingerprint density at radius 3 is 2.35 bits per heavy atom. The molecule has 6 heteroatoms. The largest absolute Gasteiger partial charge is 0.489 e. The molecule has 0 fully saturated rings. The van der Waals surface area contributed by atoms with Crippen LogP contribution >= 0.6 is 15.9 Å². The fourth-order valence-corrected chi connectivity index (χ4v) is 2.77. The quantitative estimate of drug-likeness (QED) is 0.855. The Balaban J connectivity index is 2.08. The molecule has 0 aliphatic rings. The highest BCUT2D eigenvalue weighted by atomic mass is 79.9. The molecule has 2 aromatic rings. The SMILES string of the molecule is CS(=O)(=O)c1ccc(OCc2ccc(N)cc2Br)cc1. The predicted molar refractivity (Wildman–Crippen MR) is 82.4 cm³/mol. The summed E-state index contributed by atoms with van der Waals surface area (Å²) in [6, 6.07) is 11.8. The summed E-state index contributed by atoms with van der Waals surface area (Å²) in [6.07, 6.45) is 1.17. The molecular weight excluding hydrogens is 342 g/mol. The Bertz CT molecular complexity index is 712. The molecule has 0 aromatic heterocycles. The first kappa shape index (κ1) is 14.9. The molecule has 2 N–H and O–H groups in total. The number of anilines is 1. The summed E-state index contributed by atoms with van der Waals surface area (Å²) in [7, 11) is -3.18. The number of ether oxygens (including phenoxy) is 1. The maximum Gasteiger partial charge on any atom is 0.175 e. The van der Waals surface area contributed by atoms with Crippen molar-refractivity contribution in [2.45, 2.75) is 11.5 Å². The van der Waals surface area contributed by atoms with Gasteiger partial charge in [0.15, 0.2) is 9.84 Å². The molecular formula is C14H14BrNO3S. The van der Waals surface area contributed by atoms with E-state index < -0.39 is 9.84 Å². The average Bonchev–Trinajstić information content (AvgIpc) is 2.37. The lowest BCUT2D eigenvalue weighted by molar-refractivity contribution is 0.305. The van der Waals surface area contributed by atoms with E-state index in [0.29, 0.717) is 18.0 Å². The Kier molecular flexibility index (Phi) is 4.35. The summed E-state index contributed by atoms with van der Waals surface area (Å²) < 4.78 is 29.2. The number of nitrogens with two attached hydrogens (primary N) is 1. The molecule has 0 aliphatic carbocycles. The molecule has 0 aliphatic heterocycles. The van der Waals surface area contributed by atoms with Gasteiger partial charge in [0.1, 0.15) is 12.4 Å². The van der Waals surface area contributed by atoms with Gasteiger partial charge in [0.25, 0.3) is 0 Å². The van der Waals surface area contributed by atoms with Crippen molar-refractivity contribution in [3.05, 3.63) is 52.5 Å². The van der Waals surface area contributed by atoms with Gasteiger partial charge in [0, 0.05) is 22.0 Å². The van der Waals surface area contributed by atoms with Gasteiger partial charge in [-0.1, -0.05) is 22.0 Å². The van der Waals surface area contributed by atoms with Crippen LogP contribution in [0, 0.1) is 0 Å². The molecule has 2 rings (SSSR count). The highest BCUT2D eigenvalue weighted by Crippen LogP contribution is 2.22. The normalized spacial score (nSPS) is 11.3. The summed E-state index contributed by atoms with van der Waals surface area (Å²) in [5, 5.41) is 0. The zero-order valence-electron chi connectivity index (χ0n) is 10.8. The van der Waals surface area contributed by atoms with Crippen molar-refractivity contribution >= 4 is 31.5 Å². The molecule has 0 amide bonds. The van der Waals surface area contributed by atoms with Crippen LogP contribution < -0.4 is 10.5 Å². The van der Waals surface area contributed by atoms with Gasteiger partial charge in [-0.3, -0.25) is 0 Å². The van der Waals surface area contributed by atoms with E-state index in [9.17, 15) is 8.42 Å². The molecule has 0 heterocycles. The minimum atomic E-state index is -3.18. The number of benzene rings is 2. The van der Waals surface area contributed by atoms with Crippen molar-refractivity contribution in [3.8, 4) is 5.75 Å². The standard InChI is InChI=1S/C14H14BrNO3S/c1-20(17,18)13-6-4-12(5-7-13)19-9-10-2-3-11(16)8-14(10)15/h2-8H,9,16H2,1H3. The molecule has 0 atom stereocenters. The third kappa shape index (κ3) is 3.74. The second-order valence-electron chi connectivity index (χ2n) is 4.38. The first-order valence-corrected chi connectivity index (χ1v) is 8.51. The number of hydrogen-bond donors (Lipinski definition) is 1. The van der Waals surface area contributed by atoms with E-state index in [1.807, 2.05) is 12.1 Å². The molecule has 0 bridgehead atoms. The summed E-state index contributed by atoms with van der Waals surface area (Å²) in [5.74, 6) is 0.612. The van der Waals surface area contributed by atoms with Gasteiger partial charge in [-0.25, -0.2) is 8.42 Å². The monoisotopic (exact) mass is 355 g/mol. The van der Waals surface area contributed by atoms with Crippen molar-refractivity contribution in [1.29, 1.82) is 0 Å². The number of rotatable bonds is 4. The highest BCUT2D eigenvalue weighted by molar-refractivity contribution is 9.10. The van der Waals surface area contributed by atoms with Crippen LogP contribution in [0.3, 0.4) is 0 Å². The number of halogens is 1. The second kappa shape index (κ2) is 5.85. The van der Waals surface area contributed by atoms with Crippen molar-refractivity contribution in [2.75, 3.05) is 12.0 Å². The van der Waals surface area contributed by atoms with Crippen LogP contribution in [-0.4, -0.2) is 14.7 Å². The fourth-order valence-electron chi connectivity index (χ4n) is 1.62. The Hall–Kier alpha value is -1.53. The first-order chi connectivity index (χ1) is 9.36. The minimum absolute atomic E-state index is 0.276. The van der Waals surface area contributed by atoms with Crippen LogP contribution in [0.5, 0.6) is 5.75 Å². The Morgan fingerprint density at radius 1 is 1.15 bits per heavy atom. The highest BCUT2D eigenvalue weighted by Gasteiger charge is 2.07. The van der Waals surface area contributed by atoms with E-state index in [-0.39, 0.29) is 4.90 Å². The number of hydrogen-bond acceptors (Lipinski definition) is 4. The van der Waals surface area contributed by atoms with E-state index in [4.69, 9.17) is 10.5 Å². The van der Waals surface area contributed by atoms with Crippen molar-refractivity contribution in [3.63, 3.8) is 0 Å². The van der Waals surface area contributed by atoms with E-state index in [0.717, 1.165) is 10.0 Å². The maximum atomic E-state index is 11.3. The van der Waals surface area contributed by atoms with Gasteiger partial charge in [-0.2, -0.15) is 0 Å². The van der Waals surface area contributed by atoms with Gasteiger partial charge in [0.2, 0.25) is 0 Å². The molecule has 0 unspecified atom stereocenters. The fraction of sp³-hybridized carbons (Fsp3) is 0.143. The summed E-state index contributed by atoms with van der Waals surface area (Å²) in [6.45, 7) is 0.374. The molecule has 20 heavy (non-hydrogen) atoms. The van der Waals surface area contributed by atoms with Crippen molar-refractivity contribution < 1.29 is 13.2 Å². The van der Waals surface area contributed by atoms with E-state index >= 15 is 0 Å². The molecule has 0 saturated carbocycles.